The highest BCUT2D eigenvalue weighted by atomic mass is 32.2. The number of imidazole rings is 1. The first-order valence-electron chi connectivity index (χ1n) is 15.1. The molecule has 15 heteroatoms. The summed E-state index contributed by atoms with van der Waals surface area (Å²) in [5.74, 6) is -1.31. The molecular weight excluding hydrogens is 618 g/mol. The Morgan fingerprint density at radius 2 is 1.91 bits per heavy atom. The molecule has 2 saturated heterocycles. The van der Waals surface area contributed by atoms with Crippen LogP contribution in [-0.4, -0.2) is 89.2 Å². The van der Waals surface area contributed by atoms with Crippen molar-refractivity contribution in [3.8, 4) is 11.3 Å². The molecule has 6 rings (SSSR count). The minimum atomic E-state index is -3.14. The second kappa shape index (κ2) is 12.9. The van der Waals surface area contributed by atoms with Gasteiger partial charge in [-0.15, -0.1) is 0 Å². The van der Waals surface area contributed by atoms with Crippen LogP contribution in [0.25, 0.3) is 16.8 Å². The number of hydrogen-bond acceptors (Lipinski definition) is 10. The summed E-state index contributed by atoms with van der Waals surface area (Å²) in [5.41, 5.74) is 8.72. The first-order chi connectivity index (χ1) is 22.0. The average molecular weight is 655 g/mol. The second-order valence-corrected chi connectivity index (χ2v) is 14.3. The number of benzene rings is 1. The standard InChI is InChI=1S/C31H36F2N8O4S/c1-19-16-40(18-24(34)30(19)45-10-11-46(2,43)44)27-7-8-35-15-26(27)37-31-36-14-21-5-6-25(38-41(21)31)29-22(32)12-20(13-23(29)33)17-39-9-3-4-28(39)42/h5-8,12-15,19,24,30H,3-4,9-11,16-18,34H2,1-2H3,(H,36,37)/t19-,24+,30-/m0/s1. The molecule has 1 amide bonds. The highest BCUT2D eigenvalue weighted by Crippen LogP contribution is 2.33. The fraction of sp³-hybridized carbons (Fsp3) is 0.419. The zero-order valence-corrected chi connectivity index (χ0v) is 26.4. The summed E-state index contributed by atoms with van der Waals surface area (Å²) in [6.07, 6.45) is 6.97. The number of nitrogens with zero attached hydrogens (tertiary/aromatic N) is 6. The summed E-state index contributed by atoms with van der Waals surface area (Å²) in [4.78, 5) is 24.4. The van der Waals surface area contributed by atoms with Gasteiger partial charge in [-0.3, -0.25) is 9.78 Å². The quantitative estimate of drug-likeness (QED) is 0.261. The van der Waals surface area contributed by atoms with E-state index in [2.05, 4.69) is 25.3 Å². The molecule has 2 aliphatic rings. The van der Waals surface area contributed by atoms with Gasteiger partial charge in [-0.25, -0.2) is 22.2 Å². The van der Waals surface area contributed by atoms with E-state index in [1.54, 1.807) is 29.6 Å². The number of likely N-dealkylation sites (tertiary alicyclic amines) is 1. The van der Waals surface area contributed by atoms with Gasteiger partial charge in [0.05, 0.1) is 59.0 Å². The van der Waals surface area contributed by atoms with Crippen LogP contribution in [0.5, 0.6) is 0 Å². The van der Waals surface area contributed by atoms with Crippen LogP contribution in [0.3, 0.4) is 0 Å². The highest BCUT2D eigenvalue weighted by Gasteiger charge is 2.34. The van der Waals surface area contributed by atoms with Gasteiger partial charge in [0, 0.05) is 57.0 Å². The predicted octanol–water partition coefficient (Wildman–Crippen LogP) is 3.15. The van der Waals surface area contributed by atoms with Gasteiger partial charge in [0.25, 0.3) is 0 Å². The van der Waals surface area contributed by atoms with Crippen molar-refractivity contribution in [3.05, 3.63) is 66.1 Å². The Kier molecular flexibility index (Phi) is 8.90. The normalized spacial score (nSPS) is 20.5. The first-order valence-corrected chi connectivity index (χ1v) is 17.1. The molecule has 0 spiro atoms. The molecule has 244 valence electrons. The van der Waals surface area contributed by atoms with Crippen molar-refractivity contribution in [1.29, 1.82) is 0 Å². The van der Waals surface area contributed by atoms with Crippen LogP contribution >= 0.6 is 0 Å². The molecule has 2 aliphatic heterocycles. The van der Waals surface area contributed by atoms with Gasteiger partial charge in [0.2, 0.25) is 11.9 Å². The van der Waals surface area contributed by atoms with Crippen molar-refractivity contribution < 1.29 is 26.7 Å². The number of halogens is 2. The van der Waals surface area contributed by atoms with Crippen molar-refractivity contribution >= 4 is 38.6 Å². The minimum Gasteiger partial charge on any atom is -0.375 e. The largest absolute Gasteiger partial charge is 0.375 e. The van der Waals surface area contributed by atoms with E-state index in [4.69, 9.17) is 10.5 Å². The van der Waals surface area contributed by atoms with E-state index in [1.807, 2.05) is 13.0 Å². The van der Waals surface area contributed by atoms with Gasteiger partial charge in [-0.2, -0.15) is 9.61 Å². The Bertz CT molecular complexity index is 1840. The van der Waals surface area contributed by atoms with Crippen molar-refractivity contribution in [1.82, 2.24) is 24.5 Å². The van der Waals surface area contributed by atoms with Crippen molar-refractivity contribution in [2.24, 2.45) is 11.7 Å². The van der Waals surface area contributed by atoms with Crippen LogP contribution in [0.2, 0.25) is 0 Å². The number of nitrogens with one attached hydrogen (secondary N) is 1. The Morgan fingerprint density at radius 1 is 1.13 bits per heavy atom. The smallest absolute Gasteiger partial charge is 0.229 e. The van der Waals surface area contributed by atoms with E-state index in [9.17, 15) is 13.2 Å². The number of nitrogens with two attached hydrogens (primary N) is 1. The lowest BCUT2D eigenvalue weighted by atomic mass is 9.92. The summed E-state index contributed by atoms with van der Waals surface area (Å²) < 4.78 is 61.1. The molecule has 2 fully saturated rings. The Morgan fingerprint density at radius 3 is 2.61 bits per heavy atom. The molecule has 4 aromatic rings. The highest BCUT2D eigenvalue weighted by molar-refractivity contribution is 7.90. The fourth-order valence-corrected chi connectivity index (χ4v) is 6.56. The minimum absolute atomic E-state index is 0.00725. The molecule has 0 saturated carbocycles. The van der Waals surface area contributed by atoms with E-state index in [0.29, 0.717) is 48.8 Å². The number of fused-ring (bicyclic) bond motifs is 1. The number of pyridine rings is 1. The van der Waals surface area contributed by atoms with Gasteiger partial charge < -0.3 is 25.6 Å². The SMILES string of the molecule is C[C@H]1CN(c2ccncc2Nc2ncc3ccc(-c4c(F)cc(CN5CCCC5=O)cc4F)nn23)C[C@@H](N)[C@H]1OCCS(C)(=O)=O. The van der Waals surface area contributed by atoms with Gasteiger partial charge >= 0.3 is 0 Å². The zero-order valence-electron chi connectivity index (χ0n) is 25.6. The number of hydrogen-bond donors (Lipinski definition) is 2. The molecule has 1 aromatic carbocycles. The van der Waals surface area contributed by atoms with Gasteiger partial charge in [-0.05, 0) is 42.3 Å². The van der Waals surface area contributed by atoms with E-state index in [1.165, 1.54) is 29.0 Å². The molecule has 0 bridgehead atoms. The number of aromatic nitrogens is 4. The maximum atomic E-state index is 15.3. The molecule has 3 atom stereocenters. The Labute approximate surface area is 265 Å². The number of ether oxygens (including phenoxy) is 1. The Balaban J connectivity index is 1.22. The van der Waals surface area contributed by atoms with Gasteiger partial charge in [-0.1, -0.05) is 6.92 Å². The molecule has 5 heterocycles. The number of carbonyl (C=O) groups is 1. The number of sulfone groups is 1. The van der Waals surface area contributed by atoms with Crippen LogP contribution < -0.4 is 16.0 Å². The summed E-state index contributed by atoms with van der Waals surface area (Å²) in [7, 11) is -3.14. The zero-order chi connectivity index (χ0) is 32.6. The maximum Gasteiger partial charge on any atom is 0.229 e. The lowest BCUT2D eigenvalue weighted by molar-refractivity contribution is -0.128. The predicted molar refractivity (Wildman–Crippen MR) is 169 cm³/mol. The molecule has 0 unspecified atom stereocenters. The molecule has 0 aliphatic carbocycles. The van der Waals surface area contributed by atoms with Gasteiger partial charge in [0.1, 0.15) is 21.5 Å². The van der Waals surface area contributed by atoms with Crippen molar-refractivity contribution in [2.45, 2.75) is 38.5 Å². The Hall–Kier alpha value is -4.21. The molecule has 46 heavy (non-hydrogen) atoms. The third kappa shape index (κ3) is 6.81. The lowest BCUT2D eigenvalue weighted by Gasteiger charge is -2.42. The second-order valence-electron chi connectivity index (χ2n) is 12.0. The summed E-state index contributed by atoms with van der Waals surface area (Å²) in [5, 5.41) is 7.79. The van der Waals surface area contributed by atoms with Crippen LogP contribution in [0.4, 0.5) is 26.1 Å². The van der Waals surface area contributed by atoms with Crippen LogP contribution in [-0.2, 0) is 25.9 Å². The number of anilines is 3. The maximum absolute atomic E-state index is 15.3. The average Bonchev–Trinajstić information content (AvgIpc) is 3.58. The third-order valence-electron chi connectivity index (χ3n) is 8.36. The number of piperidine rings is 1. The molecular formula is C31H36F2N8O4S. The molecule has 0 radical (unpaired) electrons. The van der Waals surface area contributed by atoms with Crippen molar-refractivity contribution in [3.63, 3.8) is 0 Å². The third-order valence-corrected chi connectivity index (χ3v) is 9.27. The van der Waals surface area contributed by atoms with Crippen LogP contribution in [0.1, 0.15) is 25.3 Å². The van der Waals surface area contributed by atoms with Crippen LogP contribution in [0.15, 0.2) is 48.9 Å². The fourth-order valence-electron chi connectivity index (χ4n) is 6.16. The van der Waals surface area contributed by atoms with E-state index < -0.39 is 21.5 Å². The molecule has 12 nitrogen and oxygen atoms in total. The number of rotatable bonds is 10. The molecule has 3 N–H and O–H groups in total. The summed E-state index contributed by atoms with van der Waals surface area (Å²) in [6, 6.07) is 7.19. The summed E-state index contributed by atoms with van der Waals surface area (Å²) >= 11 is 0. The summed E-state index contributed by atoms with van der Waals surface area (Å²) in [6.45, 7) is 3.88. The van der Waals surface area contributed by atoms with E-state index in [-0.39, 0.29) is 54.1 Å². The number of carbonyl (C=O) groups excluding carboxylic acids is 1. The monoisotopic (exact) mass is 654 g/mol. The van der Waals surface area contributed by atoms with E-state index in [0.717, 1.165) is 12.1 Å². The van der Waals surface area contributed by atoms with Crippen molar-refractivity contribution in [2.75, 3.05) is 48.5 Å². The molecule has 3 aromatic heterocycles. The van der Waals surface area contributed by atoms with E-state index >= 15 is 8.78 Å². The van der Waals surface area contributed by atoms with Crippen LogP contribution in [0, 0.1) is 17.6 Å². The number of amides is 1. The van der Waals surface area contributed by atoms with Gasteiger partial charge in [0.15, 0.2) is 0 Å². The topological polar surface area (TPSA) is 148 Å². The first kappa shape index (κ1) is 31.8. The lowest BCUT2D eigenvalue weighted by Crippen LogP contribution is -2.57.